The van der Waals surface area contributed by atoms with Gasteiger partial charge >= 0.3 is 24.2 Å². The maximum Gasteiger partial charge on any atom is 0.416 e. The molecular weight excluding hydrogens is 390 g/mol. The summed E-state index contributed by atoms with van der Waals surface area (Å²) in [5, 5.41) is 4.00. The average molecular weight is 404 g/mol. The van der Waals surface area contributed by atoms with E-state index in [1.54, 1.807) is 37.4 Å². The fourth-order valence-electron chi connectivity index (χ4n) is 2.45. The summed E-state index contributed by atoms with van der Waals surface area (Å²) in [4.78, 5) is 23.9. The lowest BCUT2D eigenvalue weighted by atomic mass is 10.1. The smallest absolute Gasteiger partial charge is 0.318 e. The van der Waals surface area contributed by atoms with Gasteiger partial charge in [0, 0.05) is 11.4 Å². The number of rotatable bonds is 2. The van der Waals surface area contributed by atoms with Crippen molar-refractivity contribution in [3.63, 3.8) is 0 Å². The molecule has 2 aromatic rings. The molecule has 2 rings (SSSR count). The van der Waals surface area contributed by atoms with E-state index in [1.807, 2.05) is 0 Å². The third-order valence-electron chi connectivity index (χ3n) is 3.53. The Labute approximate surface area is 155 Å². The maximum absolute atomic E-state index is 12.8. The van der Waals surface area contributed by atoms with Gasteiger partial charge in [0.2, 0.25) is 0 Å². The summed E-state index contributed by atoms with van der Waals surface area (Å²) in [5.74, 6) is -2.65. The Morgan fingerprint density at radius 2 is 1.00 bits per heavy atom. The first-order valence-corrected chi connectivity index (χ1v) is 7.76. The standard InChI is InChI=1S/C18H14F6N2O2/c1-9-3-10(2)5-13(4-9)25-15(27)16(28)26-14-7-11(17(19,20)21)6-12(8-14)18(22,23)24/h3-8H,1-2H3,(H,25,27)(H,26,28). The van der Waals surface area contributed by atoms with Crippen LogP contribution in [-0.2, 0) is 21.9 Å². The Bertz CT molecular complexity index is 867. The summed E-state index contributed by atoms with van der Waals surface area (Å²) in [6.07, 6.45) is -10.1. The predicted octanol–water partition coefficient (Wildman–Crippen LogP) is 4.92. The second-order valence-electron chi connectivity index (χ2n) is 6.08. The van der Waals surface area contributed by atoms with Gasteiger partial charge in [0.25, 0.3) is 0 Å². The molecule has 4 nitrogen and oxygen atoms in total. The van der Waals surface area contributed by atoms with Gasteiger partial charge in [-0.05, 0) is 55.3 Å². The molecule has 0 spiro atoms. The zero-order valence-electron chi connectivity index (χ0n) is 14.5. The second kappa shape index (κ2) is 7.53. The van der Waals surface area contributed by atoms with E-state index < -0.39 is 41.0 Å². The largest absolute Gasteiger partial charge is 0.416 e. The van der Waals surface area contributed by atoms with Crippen molar-refractivity contribution in [2.24, 2.45) is 0 Å². The third-order valence-corrected chi connectivity index (χ3v) is 3.53. The lowest BCUT2D eigenvalue weighted by Crippen LogP contribution is -2.29. The van der Waals surface area contributed by atoms with E-state index in [1.165, 1.54) is 0 Å². The van der Waals surface area contributed by atoms with Crippen LogP contribution in [0.5, 0.6) is 0 Å². The van der Waals surface area contributed by atoms with Gasteiger partial charge in [-0.2, -0.15) is 26.3 Å². The molecule has 0 aliphatic rings. The molecule has 0 atom stereocenters. The molecule has 2 amide bonds. The molecule has 0 aliphatic heterocycles. The molecule has 0 unspecified atom stereocenters. The van der Waals surface area contributed by atoms with E-state index in [2.05, 4.69) is 5.32 Å². The number of carbonyl (C=O) groups excluding carboxylic acids is 2. The van der Waals surface area contributed by atoms with Crippen molar-refractivity contribution in [3.05, 3.63) is 58.7 Å². The van der Waals surface area contributed by atoms with E-state index in [9.17, 15) is 35.9 Å². The monoisotopic (exact) mass is 404 g/mol. The van der Waals surface area contributed by atoms with Crippen molar-refractivity contribution in [1.29, 1.82) is 0 Å². The summed E-state index contributed by atoms with van der Waals surface area (Å²) in [7, 11) is 0. The van der Waals surface area contributed by atoms with Gasteiger partial charge in [-0.25, -0.2) is 0 Å². The van der Waals surface area contributed by atoms with Gasteiger partial charge in [0.15, 0.2) is 0 Å². The number of alkyl halides is 6. The number of carbonyl (C=O) groups is 2. The molecule has 150 valence electrons. The Morgan fingerprint density at radius 3 is 1.36 bits per heavy atom. The molecule has 0 aromatic heterocycles. The Balaban J connectivity index is 2.25. The Morgan fingerprint density at radius 1 is 0.643 bits per heavy atom. The Kier molecular flexibility index (Phi) is 5.72. The summed E-state index contributed by atoms with van der Waals surface area (Å²) in [6.45, 7) is 3.48. The van der Waals surface area contributed by atoms with Gasteiger partial charge in [0.05, 0.1) is 11.1 Å². The molecule has 0 fully saturated rings. The average Bonchev–Trinajstić information content (AvgIpc) is 2.51. The zero-order chi connectivity index (χ0) is 21.3. The van der Waals surface area contributed by atoms with E-state index in [0.717, 1.165) is 11.1 Å². The molecule has 0 saturated heterocycles. The normalized spacial score (nSPS) is 11.9. The lowest BCUT2D eigenvalue weighted by molar-refractivity contribution is -0.143. The topological polar surface area (TPSA) is 58.2 Å². The van der Waals surface area contributed by atoms with Crippen LogP contribution < -0.4 is 10.6 Å². The van der Waals surface area contributed by atoms with Gasteiger partial charge < -0.3 is 10.6 Å². The number of halogens is 6. The highest BCUT2D eigenvalue weighted by Crippen LogP contribution is 2.37. The minimum Gasteiger partial charge on any atom is -0.318 e. The molecule has 0 radical (unpaired) electrons. The molecule has 0 aliphatic carbocycles. The van der Waals surface area contributed by atoms with E-state index in [-0.39, 0.29) is 11.8 Å². The molecule has 2 N–H and O–H groups in total. The van der Waals surface area contributed by atoms with Crippen LogP contribution in [0.25, 0.3) is 0 Å². The number of amides is 2. The maximum atomic E-state index is 12.8. The molecule has 0 heterocycles. The van der Waals surface area contributed by atoms with Gasteiger partial charge in [0.1, 0.15) is 0 Å². The number of nitrogens with one attached hydrogen (secondary N) is 2. The number of benzene rings is 2. The summed E-state index contributed by atoms with van der Waals surface area (Å²) >= 11 is 0. The van der Waals surface area contributed by atoms with Crippen LogP contribution in [0.3, 0.4) is 0 Å². The second-order valence-corrected chi connectivity index (χ2v) is 6.08. The molecule has 28 heavy (non-hydrogen) atoms. The van der Waals surface area contributed by atoms with Crippen LogP contribution in [0.1, 0.15) is 22.3 Å². The number of hydrogen-bond donors (Lipinski definition) is 2. The summed E-state index contributed by atoms with van der Waals surface area (Å²) in [6, 6.07) is 5.45. The van der Waals surface area contributed by atoms with Gasteiger partial charge in [-0.3, -0.25) is 9.59 Å². The van der Waals surface area contributed by atoms with E-state index in [0.29, 0.717) is 12.1 Å². The van der Waals surface area contributed by atoms with Gasteiger partial charge in [-0.15, -0.1) is 0 Å². The number of aryl methyl sites for hydroxylation is 2. The molecule has 2 aromatic carbocycles. The lowest BCUT2D eigenvalue weighted by Gasteiger charge is -2.14. The van der Waals surface area contributed by atoms with E-state index in [4.69, 9.17) is 0 Å². The van der Waals surface area contributed by atoms with Crippen molar-refractivity contribution in [2.75, 3.05) is 10.6 Å². The van der Waals surface area contributed by atoms with Crippen LogP contribution in [0.2, 0.25) is 0 Å². The Hall–Kier alpha value is -3.04. The highest BCUT2D eigenvalue weighted by atomic mass is 19.4. The summed E-state index contributed by atoms with van der Waals surface area (Å²) < 4.78 is 77.0. The quantitative estimate of drug-likeness (QED) is 0.552. The van der Waals surface area contributed by atoms with Gasteiger partial charge in [-0.1, -0.05) is 6.07 Å². The highest BCUT2D eigenvalue weighted by molar-refractivity contribution is 6.43. The van der Waals surface area contributed by atoms with Crippen LogP contribution in [0, 0.1) is 13.8 Å². The van der Waals surface area contributed by atoms with E-state index >= 15 is 0 Å². The first-order chi connectivity index (χ1) is 12.8. The SMILES string of the molecule is Cc1cc(C)cc(NC(=O)C(=O)Nc2cc(C(F)(F)F)cc(C(F)(F)F)c2)c1. The third kappa shape index (κ3) is 5.48. The number of hydrogen-bond acceptors (Lipinski definition) is 2. The first kappa shape index (κ1) is 21.3. The van der Waals surface area contributed by atoms with Crippen molar-refractivity contribution < 1.29 is 35.9 Å². The van der Waals surface area contributed by atoms with Crippen molar-refractivity contribution in [2.45, 2.75) is 26.2 Å². The summed E-state index contributed by atoms with van der Waals surface area (Å²) in [5.41, 5.74) is -2.19. The fourth-order valence-corrected chi connectivity index (χ4v) is 2.45. The number of anilines is 2. The first-order valence-electron chi connectivity index (χ1n) is 7.76. The predicted molar refractivity (Wildman–Crippen MR) is 89.6 cm³/mol. The molecule has 10 heteroatoms. The molecular formula is C18H14F6N2O2. The van der Waals surface area contributed by atoms with Crippen molar-refractivity contribution >= 4 is 23.2 Å². The minimum atomic E-state index is -5.07. The molecule has 0 saturated carbocycles. The van der Waals surface area contributed by atoms with Crippen molar-refractivity contribution in [3.8, 4) is 0 Å². The van der Waals surface area contributed by atoms with Crippen LogP contribution in [-0.4, -0.2) is 11.8 Å². The zero-order valence-corrected chi connectivity index (χ0v) is 14.5. The van der Waals surface area contributed by atoms with Crippen LogP contribution in [0.4, 0.5) is 37.7 Å². The minimum absolute atomic E-state index is 0.0781. The fraction of sp³-hybridized carbons (Fsp3) is 0.222. The highest BCUT2D eigenvalue weighted by Gasteiger charge is 2.37. The van der Waals surface area contributed by atoms with Crippen LogP contribution >= 0.6 is 0 Å². The van der Waals surface area contributed by atoms with Crippen LogP contribution in [0.15, 0.2) is 36.4 Å². The molecule has 0 bridgehead atoms. The van der Waals surface area contributed by atoms with Crippen molar-refractivity contribution in [1.82, 2.24) is 0 Å².